The van der Waals surface area contributed by atoms with Crippen LogP contribution in [0.1, 0.15) is 56.9 Å². The zero-order valence-electron chi connectivity index (χ0n) is 18.2. The number of aryl methyl sites for hydroxylation is 1. The molecule has 0 atom stereocenters. The van der Waals surface area contributed by atoms with Crippen molar-refractivity contribution in [2.45, 2.75) is 69.2 Å². The molecule has 1 aromatic rings. The fraction of sp³-hybridized carbons (Fsp3) is 0.667. The molecular weight excluding hydrogens is 412 g/mol. The van der Waals surface area contributed by atoms with Crippen molar-refractivity contribution in [1.82, 2.24) is 9.62 Å². The van der Waals surface area contributed by atoms with Gasteiger partial charge in [0.05, 0.1) is 4.90 Å². The van der Waals surface area contributed by atoms with Gasteiger partial charge in [-0.05, 0) is 88.2 Å². The minimum absolute atomic E-state index is 0.144. The smallest absolute Gasteiger partial charge is 0.288 e. The maximum atomic E-state index is 13.2. The molecule has 6 nitrogen and oxygen atoms in total. The number of nitrogens with one attached hydrogen (secondary N) is 1. The number of rotatable bonds is 5. The lowest BCUT2D eigenvalue weighted by Crippen LogP contribution is -2.55. The molecular formula is C24H32N2O4S. The fourth-order valence-corrected chi connectivity index (χ4v) is 8.45. The molecule has 1 aliphatic heterocycles. The number of ketones is 1. The van der Waals surface area contributed by atoms with Crippen LogP contribution in [0.15, 0.2) is 29.2 Å². The predicted molar refractivity (Wildman–Crippen MR) is 117 cm³/mol. The molecule has 5 aliphatic rings. The second-order valence-corrected chi connectivity index (χ2v) is 12.4. The summed E-state index contributed by atoms with van der Waals surface area (Å²) in [4.78, 5) is 26.4. The standard InChI is InChI=1S/C24H32N2O4S/c1-16-2-4-21(5-3-16)31(29,30)26-8-6-20(7-9-26)25-23(28)22(27)24-13-17-10-18(14-24)12-19(11-17)15-24/h2-5,17-20H,6-15H2,1H3,(H,25,28). The fourth-order valence-electron chi connectivity index (χ4n) is 6.98. The summed E-state index contributed by atoms with van der Waals surface area (Å²) in [5.74, 6) is 1.22. The van der Waals surface area contributed by atoms with Gasteiger partial charge in [0.25, 0.3) is 5.91 Å². The number of carbonyl (C=O) groups excluding carboxylic acids is 2. The Morgan fingerprint density at radius 3 is 1.97 bits per heavy atom. The third kappa shape index (κ3) is 3.84. The van der Waals surface area contributed by atoms with E-state index in [4.69, 9.17) is 0 Å². The van der Waals surface area contributed by atoms with Crippen molar-refractivity contribution in [3.05, 3.63) is 29.8 Å². The lowest BCUT2D eigenvalue weighted by molar-refractivity contribution is -0.154. The second-order valence-electron chi connectivity index (χ2n) is 10.5. The first kappa shape index (κ1) is 21.1. The highest BCUT2D eigenvalue weighted by atomic mass is 32.2. The number of amides is 1. The molecule has 1 aromatic carbocycles. The average molecular weight is 445 g/mol. The monoisotopic (exact) mass is 444 g/mol. The number of carbonyl (C=O) groups is 2. The van der Waals surface area contributed by atoms with Crippen LogP contribution in [0.4, 0.5) is 0 Å². The minimum atomic E-state index is -3.52. The number of hydrogen-bond donors (Lipinski definition) is 1. The maximum absolute atomic E-state index is 13.2. The summed E-state index contributed by atoms with van der Waals surface area (Å²) in [7, 11) is -3.52. The van der Waals surface area contributed by atoms with Gasteiger partial charge in [0.15, 0.2) is 0 Å². The van der Waals surface area contributed by atoms with Crippen molar-refractivity contribution in [3.63, 3.8) is 0 Å². The second kappa shape index (κ2) is 7.69. The number of piperidine rings is 1. The van der Waals surface area contributed by atoms with E-state index in [-0.39, 0.29) is 11.8 Å². The third-order valence-corrected chi connectivity index (χ3v) is 10.1. The average Bonchev–Trinajstić information content (AvgIpc) is 2.73. The SMILES string of the molecule is Cc1ccc(S(=O)(=O)N2CCC(NC(=O)C(=O)C34CC5CC(CC(C5)C3)C4)CC2)cc1. The van der Waals surface area contributed by atoms with Crippen LogP contribution in [-0.4, -0.2) is 43.5 Å². The highest BCUT2D eigenvalue weighted by Gasteiger charge is 2.56. The van der Waals surface area contributed by atoms with E-state index in [1.807, 2.05) is 6.92 Å². The molecule has 1 amide bonds. The van der Waals surface area contributed by atoms with Crippen LogP contribution in [0, 0.1) is 30.1 Å². The summed E-state index contributed by atoms with van der Waals surface area (Å²) in [6.45, 7) is 2.63. The Kier molecular flexibility index (Phi) is 5.25. The molecule has 5 fully saturated rings. The van der Waals surface area contributed by atoms with Gasteiger partial charge in [-0.15, -0.1) is 0 Å². The minimum Gasteiger partial charge on any atom is -0.347 e. The van der Waals surface area contributed by atoms with Crippen LogP contribution >= 0.6 is 0 Å². The van der Waals surface area contributed by atoms with Crippen LogP contribution in [-0.2, 0) is 19.6 Å². The summed E-state index contributed by atoms with van der Waals surface area (Å²) in [5, 5.41) is 2.95. The van der Waals surface area contributed by atoms with E-state index in [0.717, 1.165) is 24.8 Å². The summed E-state index contributed by atoms with van der Waals surface area (Å²) < 4.78 is 27.2. The molecule has 6 rings (SSSR count). The normalized spacial score (nSPS) is 33.4. The van der Waals surface area contributed by atoms with Crippen LogP contribution in [0.2, 0.25) is 0 Å². The molecule has 1 N–H and O–H groups in total. The van der Waals surface area contributed by atoms with Crippen molar-refractivity contribution in [1.29, 1.82) is 0 Å². The van der Waals surface area contributed by atoms with Gasteiger partial charge in [-0.3, -0.25) is 9.59 Å². The summed E-state index contributed by atoms with van der Waals surface area (Å²) in [6, 6.07) is 6.74. The largest absolute Gasteiger partial charge is 0.347 e. The third-order valence-electron chi connectivity index (χ3n) is 8.17. The van der Waals surface area contributed by atoms with Crippen molar-refractivity contribution in [3.8, 4) is 0 Å². The Balaban J connectivity index is 1.19. The van der Waals surface area contributed by atoms with Gasteiger partial charge < -0.3 is 5.32 Å². The Morgan fingerprint density at radius 1 is 0.935 bits per heavy atom. The van der Waals surface area contributed by atoms with Gasteiger partial charge in [0.1, 0.15) is 0 Å². The Morgan fingerprint density at radius 2 is 1.45 bits per heavy atom. The van der Waals surface area contributed by atoms with Gasteiger partial charge in [0.2, 0.25) is 15.8 Å². The molecule has 0 aromatic heterocycles. The predicted octanol–water partition coefficient (Wildman–Crippen LogP) is 3.05. The van der Waals surface area contributed by atoms with Crippen LogP contribution in [0.25, 0.3) is 0 Å². The van der Waals surface area contributed by atoms with E-state index in [2.05, 4.69) is 5.32 Å². The first-order valence-corrected chi connectivity index (χ1v) is 13.1. The number of hydrogen-bond acceptors (Lipinski definition) is 4. The van der Waals surface area contributed by atoms with Crippen LogP contribution in [0.3, 0.4) is 0 Å². The number of Topliss-reactive ketones (excluding diaryl/α,β-unsaturated/α-hetero) is 1. The molecule has 4 bridgehead atoms. The zero-order valence-corrected chi connectivity index (χ0v) is 19.0. The topological polar surface area (TPSA) is 83.6 Å². The van der Waals surface area contributed by atoms with E-state index < -0.39 is 21.3 Å². The quantitative estimate of drug-likeness (QED) is 0.708. The van der Waals surface area contributed by atoms with Crippen molar-refractivity contribution < 1.29 is 18.0 Å². The molecule has 0 radical (unpaired) electrons. The summed E-state index contributed by atoms with van der Waals surface area (Å²) in [6.07, 6.45) is 7.44. The van der Waals surface area contributed by atoms with Crippen LogP contribution in [0.5, 0.6) is 0 Å². The van der Waals surface area contributed by atoms with Gasteiger partial charge in [0, 0.05) is 24.5 Å². The van der Waals surface area contributed by atoms with Crippen molar-refractivity contribution in [2.24, 2.45) is 23.2 Å². The molecule has 168 valence electrons. The zero-order chi connectivity index (χ0) is 21.8. The van der Waals surface area contributed by atoms with Crippen molar-refractivity contribution in [2.75, 3.05) is 13.1 Å². The molecule has 1 heterocycles. The van der Waals surface area contributed by atoms with E-state index >= 15 is 0 Å². The number of nitrogens with zero attached hydrogens (tertiary/aromatic N) is 1. The molecule has 7 heteroatoms. The molecule has 4 saturated carbocycles. The van der Waals surface area contributed by atoms with E-state index in [0.29, 0.717) is 48.6 Å². The Labute approximate surface area is 184 Å². The van der Waals surface area contributed by atoms with Crippen molar-refractivity contribution >= 4 is 21.7 Å². The molecule has 31 heavy (non-hydrogen) atoms. The van der Waals surface area contributed by atoms with E-state index in [1.54, 1.807) is 24.3 Å². The molecule has 4 aliphatic carbocycles. The highest BCUT2D eigenvalue weighted by molar-refractivity contribution is 7.89. The lowest BCUT2D eigenvalue weighted by atomic mass is 9.48. The molecule has 1 saturated heterocycles. The van der Waals surface area contributed by atoms with Gasteiger partial charge in [-0.1, -0.05) is 17.7 Å². The van der Waals surface area contributed by atoms with Gasteiger partial charge >= 0.3 is 0 Å². The van der Waals surface area contributed by atoms with Crippen LogP contribution < -0.4 is 5.32 Å². The molecule has 0 spiro atoms. The lowest BCUT2D eigenvalue weighted by Gasteiger charge is -2.55. The van der Waals surface area contributed by atoms with Gasteiger partial charge in [-0.2, -0.15) is 4.31 Å². The Bertz CT molecular complexity index is 942. The first-order chi connectivity index (χ1) is 14.7. The van der Waals surface area contributed by atoms with E-state index in [1.165, 1.54) is 23.6 Å². The summed E-state index contributed by atoms with van der Waals surface area (Å²) >= 11 is 0. The summed E-state index contributed by atoms with van der Waals surface area (Å²) in [5.41, 5.74) is 0.595. The maximum Gasteiger partial charge on any atom is 0.288 e. The number of sulfonamides is 1. The first-order valence-electron chi connectivity index (χ1n) is 11.7. The van der Waals surface area contributed by atoms with E-state index in [9.17, 15) is 18.0 Å². The van der Waals surface area contributed by atoms with Gasteiger partial charge in [-0.25, -0.2) is 8.42 Å². The molecule has 0 unspecified atom stereocenters. The highest BCUT2D eigenvalue weighted by Crippen LogP contribution is 2.60. The number of benzene rings is 1. The Hall–Kier alpha value is -1.73.